The third kappa shape index (κ3) is 64.7. The van der Waals surface area contributed by atoms with Crippen LogP contribution in [0.15, 0.2) is 122 Å². The summed E-state index contributed by atoms with van der Waals surface area (Å²) in [5, 5.41) is 3.06. The minimum Gasteiger partial charge on any atom is -0.456 e. The van der Waals surface area contributed by atoms with E-state index in [4.69, 9.17) is 13.8 Å². The molecule has 9 nitrogen and oxygen atoms in total. The van der Waals surface area contributed by atoms with Gasteiger partial charge < -0.3 is 19.4 Å². The van der Waals surface area contributed by atoms with Crippen molar-refractivity contribution in [3.05, 3.63) is 122 Å². The van der Waals surface area contributed by atoms with Gasteiger partial charge in [0.2, 0.25) is 5.91 Å². The van der Waals surface area contributed by atoms with Crippen molar-refractivity contribution in [2.75, 3.05) is 40.9 Å². The van der Waals surface area contributed by atoms with Crippen molar-refractivity contribution in [2.24, 2.45) is 0 Å². The third-order valence-corrected chi connectivity index (χ3v) is 15.9. The zero-order chi connectivity index (χ0) is 62.1. The number of carbonyl (C=O) groups is 2. The molecule has 0 saturated heterocycles. The molecule has 3 unspecified atom stereocenters. The molecular weight excluding hydrogens is 1070 g/mol. The lowest BCUT2D eigenvalue weighted by atomic mass is 10.0. The second-order valence-corrected chi connectivity index (χ2v) is 25.8. The number of rotatable bonds is 62. The second kappa shape index (κ2) is 63.4. The Morgan fingerprint density at radius 1 is 0.424 bits per heavy atom. The SMILES string of the molecule is CC/C=C\C/C=C\C/C=C\C/C=C\C/C=C\CCCCCCCCCCCCCC(=O)NC(COP(=O)(O)OCC[N+](C)(C)C)C(/C=C\CCCCCCCCCCC)OC(=O)CCCCCCC/C=C\C/C=C\C/C=C\C/C=C\CCCCC. The van der Waals surface area contributed by atoms with E-state index in [1.54, 1.807) is 0 Å². The molecule has 0 rings (SSSR count). The van der Waals surface area contributed by atoms with Crippen molar-refractivity contribution in [1.29, 1.82) is 0 Å². The molecule has 0 spiro atoms. The van der Waals surface area contributed by atoms with Crippen molar-refractivity contribution in [1.82, 2.24) is 5.32 Å². The van der Waals surface area contributed by atoms with Crippen LogP contribution >= 0.6 is 7.82 Å². The third-order valence-electron chi connectivity index (χ3n) is 14.9. The van der Waals surface area contributed by atoms with Crippen molar-refractivity contribution in [3.8, 4) is 0 Å². The van der Waals surface area contributed by atoms with E-state index in [1.807, 2.05) is 33.3 Å². The number of hydrogen-bond acceptors (Lipinski definition) is 6. The summed E-state index contributed by atoms with van der Waals surface area (Å²) in [5.74, 6) is -0.533. The maximum atomic E-state index is 13.6. The maximum absolute atomic E-state index is 13.6. The molecule has 2 N–H and O–H groups in total. The number of carbonyl (C=O) groups excluding carboxylic acids is 2. The van der Waals surface area contributed by atoms with Crippen LogP contribution in [0.3, 0.4) is 0 Å². The molecule has 1 amide bonds. The minimum atomic E-state index is -4.47. The lowest BCUT2D eigenvalue weighted by molar-refractivity contribution is -0.870. The fourth-order valence-electron chi connectivity index (χ4n) is 9.54. The van der Waals surface area contributed by atoms with Crippen molar-refractivity contribution in [2.45, 2.75) is 303 Å². The van der Waals surface area contributed by atoms with E-state index in [1.165, 1.54) is 116 Å². The molecular formula is C75H132N2O7P+. The lowest BCUT2D eigenvalue weighted by Crippen LogP contribution is -2.47. The Morgan fingerprint density at radius 3 is 1.15 bits per heavy atom. The fourth-order valence-corrected chi connectivity index (χ4v) is 10.3. The van der Waals surface area contributed by atoms with Gasteiger partial charge in [-0.3, -0.25) is 18.6 Å². The van der Waals surface area contributed by atoms with Gasteiger partial charge in [-0.25, -0.2) is 4.57 Å². The Balaban J connectivity index is 5.09. The summed E-state index contributed by atoms with van der Waals surface area (Å²) < 4.78 is 30.8. The van der Waals surface area contributed by atoms with Gasteiger partial charge in [-0.2, -0.15) is 0 Å². The van der Waals surface area contributed by atoms with Gasteiger partial charge in [-0.05, 0) is 122 Å². The van der Waals surface area contributed by atoms with Crippen LogP contribution < -0.4 is 5.32 Å². The van der Waals surface area contributed by atoms with Crippen LogP contribution in [0.2, 0.25) is 0 Å². The standard InChI is InChI=1S/C75H131N2O7P/c1-7-10-13-16-19-22-25-27-29-31-33-35-36-37-38-39-40-42-43-45-47-49-52-55-58-61-64-67-74(78)76-72(71-83-85(80,81)82-70-69-77(4,5)6)73(66-63-60-57-54-51-24-21-18-15-12-9-3)84-75(79)68-65-62-59-56-53-50-48-46-44-41-34-32-30-28-26-23-20-17-14-11-8-2/h10,13,19-20,22-23,27-30,33-35,37-38,41,46,48,63,66,72-73H,7-9,11-12,14-18,21,24-26,31-32,36,39-40,42-45,47,49-62,64-65,67-71H2,1-6H3,(H-,76,78,80,81)/p+1/b13-10-,22-19-,23-20-,29-27-,30-28-,35-33-,38-37-,41-34-,48-46-,66-63-. The number of quaternary nitrogens is 1. The van der Waals surface area contributed by atoms with Gasteiger partial charge in [0, 0.05) is 12.8 Å². The number of esters is 1. The molecule has 0 aromatic carbocycles. The van der Waals surface area contributed by atoms with E-state index in [0.29, 0.717) is 23.9 Å². The van der Waals surface area contributed by atoms with E-state index in [0.717, 1.165) is 135 Å². The zero-order valence-corrected chi connectivity index (χ0v) is 56.7. The van der Waals surface area contributed by atoms with Crippen LogP contribution in [0, 0.1) is 0 Å². The molecule has 0 bridgehead atoms. The molecule has 0 aliphatic rings. The van der Waals surface area contributed by atoms with Crippen molar-refractivity contribution >= 4 is 19.7 Å². The van der Waals surface area contributed by atoms with Crippen LogP contribution in [-0.4, -0.2) is 74.3 Å². The smallest absolute Gasteiger partial charge is 0.456 e. The van der Waals surface area contributed by atoms with E-state index < -0.39 is 20.0 Å². The topological polar surface area (TPSA) is 111 Å². The highest BCUT2D eigenvalue weighted by Crippen LogP contribution is 2.43. The predicted molar refractivity (Wildman–Crippen MR) is 369 cm³/mol. The summed E-state index contributed by atoms with van der Waals surface area (Å²) >= 11 is 0. The molecule has 0 fully saturated rings. The summed E-state index contributed by atoms with van der Waals surface area (Å²) in [7, 11) is 1.47. The Kier molecular flexibility index (Phi) is 60.8. The monoisotopic (exact) mass is 1200 g/mol. The van der Waals surface area contributed by atoms with Crippen LogP contribution in [-0.2, 0) is 27.9 Å². The molecule has 85 heavy (non-hydrogen) atoms. The summed E-state index contributed by atoms with van der Waals surface area (Å²) in [5.41, 5.74) is 0. The highest BCUT2D eigenvalue weighted by Gasteiger charge is 2.30. The molecule has 0 heterocycles. The number of nitrogens with zero attached hydrogens (tertiary/aromatic N) is 1. The van der Waals surface area contributed by atoms with E-state index >= 15 is 0 Å². The molecule has 10 heteroatoms. The minimum absolute atomic E-state index is 0.0306. The van der Waals surface area contributed by atoms with Crippen LogP contribution in [0.5, 0.6) is 0 Å². The zero-order valence-electron chi connectivity index (χ0n) is 55.8. The fraction of sp³-hybridized carbons (Fsp3) is 0.707. The molecule has 0 aromatic rings. The normalized spacial score (nSPS) is 14.3. The van der Waals surface area contributed by atoms with Gasteiger partial charge in [-0.1, -0.05) is 277 Å². The molecule has 0 aromatic heterocycles. The summed E-state index contributed by atoms with van der Waals surface area (Å²) in [6.45, 7) is 6.85. The first-order valence-electron chi connectivity index (χ1n) is 34.9. The van der Waals surface area contributed by atoms with Crippen molar-refractivity contribution < 1.29 is 37.3 Å². The number of hydrogen-bond donors (Lipinski definition) is 2. The van der Waals surface area contributed by atoms with Gasteiger partial charge in [-0.15, -0.1) is 0 Å². The first kappa shape index (κ1) is 81.4. The average Bonchev–Trinajstić information content (AvgIpc) is 3.64. The first-order chi connectivity index (χ1) is 41.4. The number of amides is 1. The van der Waals surface area contributed by atoms with E-state index in [-0.39, 0.29) is 31.5 Å². The number of nitrogens with one attached hydrogen (secondary N) is 1. The summed E-state index contributed by atoms with van der Waals surface area (Å²) in [4.78, 5) is 37.9. The molecule has 3 atom stereocenters. The highest BCUT2D eigenvalue weighted by atomic mass is 31.2. The predicted octanol–water partition coefficient (Wildman–Crippen LogP) is 22.2. The van der Waals surface area contributed by atoms with Gasteiger partial charge in [0.25, 0.3) is 0 Å². The Hall–Kier alpha value is -3.59. The average molecular weight is 1200 g/mol. The van der Waals surface area contributed by atoms with Gasteiger partial charge >= 0.3 is 13.8 Å². The summed E-state index contributed by atoms with van der Waals surface area (Å²) in [6, 6.07) is -0.867. The number of likely N-dealkylation sites (N-methyl/N-ethyl adjacent to an activating group) is 1. The second-order valence-electron chi connectivity index (χ2n) is 24.3. The van der Waals surface area contributed by atoms with Crippen LogP contribution in [0.25, 0.3) is 0 Å². The Labute approximate surface area is 524 Å². The van der Waals surface area contributed by atoms with Crippen molar-refractivity contribution in [3.63, 3.8) is 0 Å². The molecule has 0 aliphatic carbocycles. The summed E-state index contributed by atoms with van der Waals surface area (Å²) in [6.07, 6.45) is 89.2. The first-order valence-corrected chi connectivity index (χ1v) is 36.4. The highest BCUT2D eigenvalue weighted by molar-refractivity contribution is 7.47. The van der Waals surface area contributed by atoms with E-state index in [9.17, 15) is 19.0 Å². The number of ether oxygens (including phenoxy) is 1. The van der Waals surface area contributed by atoms with Crippen LogP contribution in [0.1, 0.15) is 290 Å². The number of phosphoric ester groups is 1. The molecule has 0 aliphatic heterocycles. The number of phosphoric acid groups is 1. The maximum Gasteiger partial charge on any atom is 0.472 e. The van der Waals surface area contributed by atoms with Crippen LogP contribution in [0.4, 0.5) is 0 Å². The van der Waals surface area contributed by atoms with E-state index in [2.05, 4.69) is 135 Å². The Morgan fingerprint density at radius 2 is 0.753 bits per heavy atom. The molecule has 0 radical (unpaired) electrons. The molecule has 488 valence electrons. The quantitative estimate of drug-likeness (QED) is 0.0205. The number of allylic oxidation sites excluding steroid dienone is 19. The van der Waals surface area contributed by atoms with Gasteiger partial charge in [0.1, 0.15) is 19.3 Å². The number of unbranched alkanes of at least 4 members (excludes halogenated alkanes) is 28. The lowest BCUT2D eigenvalue weighted by Gasteiger charge is -2.27. The Bertz CT molecular complexity index is 1870. The molecule has 0 saturated carbocycles. The largest absolute Gasteiger partial charge is 0.472 e. The van der Waals surface area contributed by atoms with Gasteiger partial charge in [0.15, 0.2) is 0 Å². The van der Waals surface area contributed by atoms with Gasteiger partial charge in [0.05, 0.1) is 33.8 Å².